The lowest BCUT2D eigenvalue weighted by atomic mass is 9.98. The first kappa shape index (κ1) is 22.2. The Hall–Kier alpha value is -0.890. The smallest absolute Gasteiger partial charge is 0.191 e. The Kier molecular flexibility index (Phi) is 11.8. The highest BCUT2D eigenvalue weighted by atomic mass is 127. The van der Waals surface area contributed by atoms with Crippen molar-refractivity contribution < 1.29 is 4.74 Å². The molecule has 1 aliphatic rings. The fraction of sp³-hybridized carbons (Fsp3) is 0.684. The molecule has 2 rings (SSSR count). The molecule has 25 heavy (non-hydrogen) atoms. The van der Waals surface area contributed by atoms with Crippen molar-refractivity contribution in [3.8, 4) is 0 Å². The number of hydrogen-bond donors (Lipinski definition) is 2. The Morgan fingerprint density at radius 3 is 2.72 bits per heavy atom. The van der Waals surface area contributed by atoms with E-state index in [1.165, 1.54) is 25.7 Å². The van der Waals surface area contributed by atoms with Gasteiger partial charge in [0.15, 0.2) is 5.96 Å². The molecule has 5 nitrogen and oxygen atoms in total. The summed E-state index contributed by atoms with van der Waals surface area (Å²) in [6.45, 7) is 7.30. The van der Waals surface area contributed by atoms with Crippen LogP contribution in [0.15, 0.2) is 29.4 Å². The quantitative estimate of drug-likeness (QED) is 0.335. The van der Waals surface area contributed by atoms with E-state index >= 15 is 0 Å². The van der Waals surface area contributed by atoms with Crippen LogP contribution < -0.4 is 10.6 Å². The van der Waals surface area contributed by atoms with E-state index in [1.54, 1.807) is 6.20 Å². The number of pyridine rings is 1. The maximum absolute atomic E-state index is 5.99. The third-order valence-electron chi connectivity index (χ3n) is 4.50. The van der Waals surface area contributed by atoms with Crippen LogP contribution in [0.3, 0.4) is 0 Å². The monoisotopic (exact) mass is 460 g/mol. The molecule has 0 amide bonds. The molecule has 1 saturated carbocycles. The van der Waals surface area contributed by atoms with Gasteiger partial charge in [0.25, 0.3) is 0 Å². The van der Waals surface area contributed by atoms with Crippen molar-refractivity contribution in [2.45, 2.75) is 58.6 Å². The topological polar surface area (TPSA) is 58.5 Å². The Morgan fingerprint density at radius 2 is 2.08 bits per heavy atom. The minimum atomic E-state index is 0. The van der Waals surface area contributed by atoms with Crippen molar-refractivity contribution in [3.63, 3.8) is 0 Å². The third-order valence-corrected chi connectivity index (χ3v) is 4.50. The van der Waals surface area contributed by atoms with E-state index in [0.29, 0.717) is 12.6 Å². The molecule has 0 spiro atoms. The molecule has 2 N–H and O–H groups in total. The summed E-state index contributed by atoms with van der Waals surface area (Å²) in [5.41, 5.74) is 0.979. The summed E-state index contributed by atoms with van der Waals surface area (Å²) in [6.07, 6.45) is 8.57. The minimum absolute atomic E-state index is 0. The summed E-state index contributed by atoms with van der Waals surface area (Å²) < 4.78 is 5.99. The zero-order valence-electron chi connectivity index (χ0n) is 15.5. The van der Waals surface area contributed by atoms with Crippen molar-refractivity contribution >= 4 is 29.9 Å². The Bertz CT molecular complexity index is 478. The first-order valence-corrected chi connectivity index (χ1v) is 9.37. The second-order valence-corrected chi connectivity index (χ2v) is 6.27. The van der Waals surface area contributed by atoms with Gasteiger partial charge in [0.1, 0.15) is 0 Å². The summed E-state index contributed by atoms with van der Waals surface area (Å²) in [5.74, 6) is 1.59. The van der Waals surface area contributed by atoms with Crippen LogP contribution in [0.2, 0.25) is 0 Å². The van der Waals surface area contributed by atoms with Gasteiger partial charge in [-0.2, -0.15) is 0 Å². The number of nitrogens with zero attached hydrogens (tertiary/aromatic N) is 2. The van der Waals surface area contributed by atoms with Gasteiger partial charge < -0.3 is 15.4 Å². The molecule has 0 aromatic carbocycles. The zero-order valence-corrected chi connectivity index (χ0v) is 17.9. The molecule has 1 unspecified atom stereocenters. The van der Waals surface area contributed by atoms with Crippen LogP contribution in [0.25, 0.3) is 0 Å². The van der Waals surface area contributed by atoms with Gasteiger partial charge in [0, 0.05) is 25.9 Å². The molecular formula is C19H33IN4O. The maximum atomic E-state index is 5.99. The highest BCUT2D eigenvalue weighted by Gasteiger charge is 2.24. The number of aliphatic imine (C=N–C) groups is 1. The molecule has 0 aliphatic heterocycles. The molecule has 0 bridgehead atoms. The zero-order chi connectivity index (χ0) is 17.0. The van der Waals surface area contributed by atoms with Gasteiger partial charge in [-0.3, -0.25) is 4.98 Å². The Balaban J connectivity index is 0.00000312. The molecule has 1 aromatic heterocycles. The molecule has 1 fully saturated rings. The van der Waals surface area contributed by atoms with Crippen LogP contribution in [-0.4, -0.2) is 36.7 Å². The lowest BCUT2D eigenvalue weighted by Gasteiger charge is -2.24. The van der Waals surface area contributed by atoms with Crippen LogP contribution in [0, 0.1) is 5.92 Å². The second kappa shape index (κ2) is 13.3. The second-order valence-electron chi connectivity index (χ2n) is 6.27. The predicted octanol–water partition coefficient (Wildman–Crippen LogP) is 3.74. The van der Waals surface area contributed by atoms with E-state index in [1.807, 2.05) is 18.2 Å². The molecule has 142 valence electrons. The van der Waals surface area contributed by atoms with Crippen molar-refractivity contribution in [3.05, 3.63) is 30.1 Å². The van der Waals surface area contributed by atoms with E-state index in [-0.39, 0.29) is 24.0 Å². The van der Waals surface area contributed by atoms with Crippen molar-refractivity contribution in [1.82, 2.24) is 15.6 Å². The summed E-state index contributed by atoms with van der Waals surface area (Å²) in [5, 5.41) is 6.73. The van der Waals surface area contributed by atoms with E-state index in [9.17, 15) is 0 Å². The lowest BCUT2D eigenvalue weighted by Crippen LogP contribution is -2.39. The number of rotatable bonds is 9. The summed E-state index contributed by atoms with van der Waals surface area (Å²) in [4.78, 5) is 8.93. The number of guanidine groups is 1. The SMILES string of the molecule is CCNC(=NCc1ccccn1)NCCC(OCC)C1CCCC1.I. The first-order valence-electron chi connectivity index (χ1n) is 9.37. The van der Waals surface area contributed by atoms with E-state index in [0.717, 1.165) is 43.7 Å². The highest BCUT2D eigenvalue weighted by molar-refractivity contribution is 14.0. The Morgan fingerprint density at radius 1 is 1.28 bits per heavy atom. The highest BCUT2D eigenvalue weighted by Crippen LogP contribution is 2.30. The van der Waals surface area contributed by atoms with Crippen LogP contribution in [-0.2, 0) is 11.3 Å². The maximum Gasteiger partial charge on any atom is 0.191 e. The van der Waals surface area contributed by atoms with E-state index in [2.05, 4.69) is 34.5 Å². The number of halogens is 1. The van der Waals surface area contributed by atoms with Gasteiger partial charge in [-0.05, 0) is 51.2 Å². The molecule has 1 heterocycles. The molecular weight excluding hydrogens is 427 g/mol. The van der Waals surface area contributed by atoms with E-state index < -0.39 is 0 Å². The predicted molar refractivity (Wildman–Crippen MR) is 114 cm³/mol. The van der Waals surface area contributed by atoms with Crippen LogP contribution >= 0.6 is 24.0 Å². The number of ether oxygens (including phenoxy) is 1. The van der Waals surface area contributed by atoms with Crippen LogP contribution in [0.5, 0.6) is 0 Å². The largest absolute Gasteiger partial charge is 0.378 e. The number of nitrogens with one attached hydrogen (secondary N) is 2. The third kappa shape index (κ3) is 8.35. The Labute approximate surface area is 169 Å². The number of hydrogen-bond acceptors (Lipinski definition) is 3. The van der Waals surface area contributed by atoms with Gasteiger partial charge in [-0.1, -0.05) is 18.9 Å². The van der Waals surface area contributed by atoms with Crippen molar-refractivity contribution in [2.75, 3.05) is 19.7 Å². The standard InChI is InChI=1S/C19H32N4O.HI/c1-3-20-19(23-15-17-11-7-8-13-21-17)22-14-12-18(24-4-2)16-9-5-6-10-16;/h7-8,11,13,16,18H,3-6,9-10,12,14-15H2,1-2H3,(H2,20,22,23);1H. The molecule has 1 aliphatic carbocycles. The summed E-state index contributed by atoms with van der Waals surface area (Å²) in [7, 11) is 0. The van der Waals surface area contributed by atoms with Gasteiger partial charge in [-0.25, -0.2) is 4.99 Å². The summed E-state index contributed by atoms with van der Waals surface area (Å²) >= 11 is 0. The lowest BCUT2D eigenvalue weighted by molar-refractivity contribution is 0.0169. The summed E-state index contributed by atoms with van der Waals surface area (Å²) in [6, 6.07) is 5.92. The van der Waals surface area contributed by atoms with Crippen LogP contribution in [0.1, 0.15) is 51.6 Å². The van der Waals surface area contributed by atoms with Gasteiger partial charge in [0.2, 0.25) is 0 Å². The van der Waals surface area contributed by atoms with Crippen molar-refractivity contribution in [2.24, 2.45) is 10.9 Å². The molecule has 6 heteroatoms. The first-order chi connectivity index (χ1) is 11.8. The number of aromatic nitrogens is 1. The van der Waals surface area contributed by atoms with Crippen LogP contribution in [0.4, 0.5) is 0 Å². The average molecular weight is 460 g/mol. The molecule has 1 aromatic rings. The molecule has 0 radical (unpaired) electrons. The van der Waals surface area contributed by atoms with Gasteiger partial charge >= 0.3 is 0 Å². The fourth-order valence-corrected chi connectivity index (χ4v) is 3.32. The molecule has 0 saturated heterocycles. The molecule has 1 atom stereocenters. The normalized spacial score (nSPS) is 16.3. The van der Waals surface area contributed by atoms with Crippen molar-refractivity contribution in [1.29, 1.82) is 0 Å². The fourth-order valence-electron chi connectivity index (χ4n) is 3.32. The van der Waals surface area contributed by atoms with Gasteiger partial charge in [-0.15, -0.1) is 24.0 Å². The average Bonchev–Trinajstić information content (AvgIpc) is 3.14. The minimum Gasteiger partial charge on any atom is -0.378 e. The van der Waals surface area contributed by atoms with Gasteiger partial charge in [0.05, 0.1) is 18.3 Å². The van der Waals surface area contributed by atoms with E-state index in [4.69, 9.17) is 4.74 Å².